The van der Waals surface area contributed by atoms with E-state index >= 15 is 0 Å². The van der Waals surface area contributed by atoms with Gasteiger partial charge in [0.25, 0.3) is 0 Å². The number of aryl methyl sites for hydroxylation is 1. The van der Waals surface area contributed by atoms with E-state index in [9.17, 15) is 17.6 Å². The molecule has 1 aliphatic heterocycles. The molecule has 1 heterocycles. The van der Waals surface area contributed by atoms with E-state index in [1.807, 2.05) is 0 Å². The summed E-state index contributed by atoms with van der Waals surface area (Å²) in [5.74, 6) is -1.19. The van der Waals surface area contributed by atoms with Crippen LogP contribution in [0.1, 0.15) is 76.2 Å². The van der Waals surface area contributed by atoms with Crippen molar-refractivity contribution in [3.05, 3.63) is 35.8 Å². The van der Waals surface area contributed by atoms with Gasteiger partial charge in [-0.1, -0.05) is 31.7 Å². The van der Waals surface area contributed by atoms with Crippen LogP contribution in [0, 0.1) is 29.9 Å². The number of ether oxygens (including phenoxy) is 2. The minimum Gasteiger partial charge on any atom is -0.487 e. The molecule has 0 radical (unpaired) electrons. The zero-order chi connectivity index (χ0) is 21.1. The van der Waals surface area contributed by atoms with Gasteiger partial charge in [-0.3, -0.25) is 0 Å². The van der Waals surface area contributed by atoms with E-state index in [2.05, 4.69) is 6.42 Å². The summed E-state index contributed by atoms with van der Waals surface area (Å²) in [6.07, 6.45) is 6.96. The Morgan fingerprint density at radius 1 is 1.00 bits per heavy atom. The van der Waals surface area contributed by atoms with E-state index in [1.54, 1.807) is 6.07 Å². The van der Waals surface area contributed by atoms with E-state index in [4.69, 9.17) is 9.47 Å². The molecule has 0 amide bonds. The van der Waals surface area contributed by atoms with Crippen molar-refractivity contribution < 1.29 is 85.2 Å². The fourth-order valence-electron chi connectivity index (χ4n) is 5.27. The van der Waals surface area contributed by atoms with E-state index in [-0.39, 0.29) is 94.4 Å². The first-order valence-electron chi connectivity index (χ1n) is 11.4. The van der Waals surface area contributed by atoms with Crippen LogP contribution in [0.15, 0.2) is 12.1 Å². The van der Waals surface area contributed by atoms with Crippen LogP contribution in [0.3, 0.4) is 0 Å². The molecule has 1 atom stereocenters. The molecule has 0 spiro atoms. The van der Waals surface area contributed by atoms with Crippen molar-refractivity contribution >= 4 is 0 Å². The summed E-state index contributed by atoms with van der Waals surface area (Å²) < 4.78 is 67.0. The second-order valence-corrected chi connectivity index (χ2v) is 9.18. The first-order valence-corrected chi connectivity index (χ1v) is 11.4. The van der Waals surface area contributed by atoms with Gasteiger partial charge in [-0.05, 0) is 55.6 Å². The summed E-state index contributed by atoms with van der Waals surface area (Å²) in [4.78, 5) is 0. The van der Waals surface area contributed by atoms with E-state index in [0.29, 0.717) is 25.7 Å². The monoisotopic (exact) mass is 512 g/mol. The Hall–Kier alpha value is 0.505. The second-order valence-electron chi connectivity index (χ2n) is 9.18. The molecule has 4 rings (SSSR count). The second kappa shape index (κ2) is 11.8. The van der Waals surface area contributed by atoms with Crippen molar-refractivity contribution in [2.24, 2.45) is 11.8 Å². The normalized spacial score (nSPS) is 27.2. The summed E-state index contributed by atoms with van der Waals surface area (Å²) in [5.41, 5.74) is 0.719. The minimum atomic E-state index is -3.04. The molecule has 3 aliphatic rings. The maximum absolute atomic E-state index is 14.2. The summed E-state index contributed by atoms with van der Waals surface area (Å²) in [6.45, 7) is 0. The van der Waals surface area contributed by atoms with Crippen molar-refractivity contribution in [2.75, 3.05) is 0 Å². The fourth-order valence-corrected chi connectivity index (χ4v) is 5.27. The van der Waals surface area contributed by atoms with E-state index in [1.165, 1.54) is 0 Å². The zero-order valence-electron chi connectivity index (χ0n) is 18.4. The summed E-state index contributed by atoms with van der Waals surface area (Å²) in [7, 11) is 0. The Bertz CT molecular complexity index is 716. The molecule has 7 heteroatoms. The predicted octanol–water partition coefficient (Wildman–Crippen LogP) is 4.01. The number of fused-ring (bicyclic) bond motifs is 1. The average molecular weight is 513 g/mol. The summed E-state index contributed by atoms with van der Waals surface area (Å²) >= 11 is 0. The van der Waals surface area contributed by atoms with Crippen LogP contribution in [-0.4, -0.2) is 18.3 Å². The maximum atomic E-state index is 14.2. The van der Waals surface area contributed by atoms with Gasteiger partial charge in [0.15, 0.2) is 11.6 Å². The summed E-state index contributed by atoms with van der Waals surface area (Å²) in [6, 6.07) is 2.74. The number of alkyl halides is 2. The van der Waals surface area contributed by atoms with Gasteiger partial charge in [-0.2, -0.15) is 26.0 Å². The SMILES string of the molecule is Fc1ccc2c(c1F)OC(C1CCC(CCC(F)(F)OC3CC[CH-]CC3)CC1)CC2.[Rb+]. The first-order chi connectivity index (χ1) is 14.4. The molecule has 1 aromatic rings. The standard InChI is InChI=1S/C24H31F4O2.Rb/c25-20-12-10-18-11-13-21(29-23(18)22(20)26)17-8-6-16(7-9-17)14-15-24(27,28)30-19-4-2-1-3-5-19;/h1,10,12,16-17,19,21H,2-9,11,13-15H2;/q-1;+1. The Morgan fingerprint density at radius 2 is 1.71 bits per heavy atom. The van der Waals surface area contributed by atoms with Crippen LogP contribution in [0.4, 0.5) is 17.6 Å². The molecule has 1 aromatic carbocycles. The molecular weight excluding hydrogens is 482 g/mol. The number of rotatable bonds is 6. The van der Waals surface area contributed by atoms with E-state index < -0.39 is 17.7 Å². The third-order valence-electron chi connectivity index (χ3n) is 7.08. The molecule has 0 aromatic heterocycles. The fraction of sp³-hybridized carbons (Fsp3) is 0.708. The van der Waals surface area contributed by atoms with Gasteiger partial charge < -0.3 is 15.9 Å². The number of hydrogen-bond acceptors (Lipinski definition) is 2. The topological polar surface area (TPSA) is 18.5 Å². The van der Waals surface area contributed by atoms with Gasteiger partial charge in [-0.25, -0.2) is 4.39 Å². The molecule has 31 heavy (non-hydrogen) atoms. The van der Waals surface area contributed by atoms with Crippen LogP contribution in [0.5, 0.6) is 5.75 Å². The molecule has 2 saturated carbocycles. The summed E-state index contributed by atoms with van der Waals surface area (Å²) in [5, 5.41) is 0. The van der Waals surface area contributed by atoms with Gasteiger partial charge in [-0.15, -0.1) is 0 Å². The van der Waals surface area contributed by atoms with Crippen molar-refractivity contribution in [3.8, 4) is 5.75 Å². The zero-order valence-corrected chi connectivity index (χ0v) is 23.3. The Labute approximate surface area is 231 Å². The van der Waals surface area contributed by atoms with Crippen LogP contribution >= 0.6 is 0 Å². The molecule has 2 aliphatic carbocycles. The van der Waals surface area contributed by atoms with Crippen molar-refractivity contribution in [1.82, 2.24) is 0 Å². The van der Waals surface area contributed by atoms with Gasteiger partial charge in [0.2, 0.25) is 5.82 Å². The van der Waals surface area contributed by atoms with Crippen LogP contribution in [0.25, 0.3) is 0 Å². The van der Waals surface area contributed by atoms with Crippen molar-refractivity contribution in [3.63, 3.8) is 0 Å². The molecule has 168 valence electrons. The van der Waals surface area contributed by atoms with Gasteiger partial charge in [0, 0.05) is 6.42 Å². The minimum absolute atomic E-state index is 0. The molecule has 0 bridgehead atoms. The van der Waals surface area contributed by atoms with Gasteiger partial charge >= 0.3 is 64.3 Å². The quantitative estimate of drug-likeness (QED) is 0.424. The molecular formula is C24H31F4O2Rb. The largest absolute Gasteiger partial charge is 1.00 e. The predicted molar refractivity (Wildman–Crippen MR) is 106 cm³/mol. The van der Waals surface area contributed by atoms with E-state index in [0.717, 1.165) is 56.6 Å². The molecule has 2 nitrogen and oxygen atoms in total. The number of halogens is 4. The molecule has 1 unspecified atom stereocenters. The van der Waals surface area contributed by atoms with Crippen LogP contribution < -0.4 is 62.9 Å². The van der Waals surface area contributed by atoms with Crippen LogP contribution in [0.2, 0.25) is 0 Å². The molecule has 0 N–H and O–H groups in total. The number of hydrogen-bond donors (Lipinski definition) is 0. The Morgan fingerprint density at radius 3 is 2.42 bits per heavy atom. The van der Waals surface area contributed by atoms with Gasteiger partial charge in [0.05, 0.1) is 6.10 Å². The Balaban J connectivity index is 0.00000272. The smallest absolute Gasteiger partial charge is 0.487 e. The Kier molecular flexibility index (Phi) is 9.91. The van der Waals surface area contributed by atoms with Crippen LogP contribution in [-0.2, 0) is 11.2 Å². The molecule has 0 saturated heterocycles. The van der Waals surface area contributed by atoms with Crippen molar-refractivity contribution in [1.29, 1.82) is 0 Å². The third-order valence-corrected chi connectivity index (χ3v) is 7.08. The maximum Gasteiger partial charge on any atom is 1.00 e. The van der Waals surface area contributed by atoms with Gasteiger partial charge in [0.1, 0.15) is 6.10 Å². The molecule has 2 fully saturated rings. The first kappa shape index (κ1) is 26.1. The number of benzene rings is 1. The average Bonchev–Trinajstić information content (AvgIpc) is 2.76. The third kappa shape index (κ3) is 7.00. The van der Waals surface area contributed by atoms with Crippen molar-refractivity contribution in [2.45, 2.75) is 95.4 Å².